The Hall–Kier alpha value is -3.28. The first-order valence-electron chi connectivity index (χ1n) is 11.7. The minimum absolute atomic E-state index is 0.0736. The Labute approximate surface area is 203 Å². The number of H-pyrrole nitrogens is 1. The van der Waals surface area contributed by atoms with E-state index in [1.807, 2.05) is 0 Å². The predicted octanol–water partition coefficient (Wildman–Crippen LogP) is 2.19. The lowest BCUT2D eigenvalue weighted by Crippen LogP contribution is -2.40. The van der Waals surface area contributed by atoms with Crippen LogP contribution in [0.15, 0.2) is 52.4 Å². The smallest absolute Gasteiger partial charge is 0.258 e. The first-order valence-corrected chi connectivity index (χ1v) is 13.1. The van der Waals surface area contributed by atoms with Gasteiger partial charge in [0.15, 0.2) is 0 Å². The molecular weight excluding hydrogens is 470 g/mol. The highest BCUT2D eigenvalue weighted by atomic mass is 32.2. The maximum atomic E-state index is 13.5. The van der Waals surface area contributed by atoms with Crippen molar-refractivity contribution in [3.05, 3.63) is 58.6 Å². The molecule has 35 heavy (non-hydrogen) atoms. The fraction of sp³-hybridized carbons (Fsp3) is 0.375. The van der Waals surface area contributed by atoms with Crippen molar-refractivity contribution in [2.24, 2.45) is 0 Å². The molecular formula is C24H27N5O5S. The topological polar surface area (TPSA) is 125 Å². The van der Waals surface area contributed by atoms with E-state index >= 15 is 0 Å². The number of carbonyl (C=O) groups is 1. The van der Waals surface area contributed by atoms with Gasteiger partial charge in [-0.3, -0.25) is 9.59 Å². The molecule has 11 heteroatoms. The fourth-order valence-corrected chi connectivity index (χ4v) is 5.98. The van der Waals surface area contributed by atoms with Crippen LogP contribution in [0.1, 0.15) is 29.6 Å². The molecule has 2 aliphatic rings. The van der Waals surface area contributed by atoms with Gasteiger partial charge >= 0.3 is 0 Å². The number of benzene rings is 2. The van der Waals surface area contributed by atoms with E-state index in [2.05, 4.69) is 20.2 Å². The number of amides is 1. The summed E-state index contributed by atoms with van der Waals surface area (Å²) in [6.07, 6.45) is 4.47. The standard InChI is InChI=1S/C24H27N5O5S/c30-23-19-14-17(4-6-21(19)25-16-26-23)27-24(31)20-15-18(35(32,33)29-10-12-34-13-11-29)5-7-22(20)28-8-2-1-3-9-28/h4-7,14-16H,1-3,8-13H2,(H,27,31)(H,25,26,30). The number of anilines is 2. The summed E-state index contributed by atoms with van der Waals surface area (Å²) in [5.74, 6) is -0.440. The van der Waals surface area contributed by atoms with E-state index in [0.29, 0.717) is 35.5 Å². The number of piperidine rings is 1. The van der Waals surface area contributed by atoms with Gasteiger partial charge in [-0.05, 0) is 55.7 Å². The van der Waals surface area contributed by atoms with Crippen LogP contribution in [0.25, 0.3) is 10.9 Å². The van der Waals surface area contributed by atoms with Crippen LogP contribution in [0.4, 0.5) is 11.4 Å². The van der Waals surface area contributed by atoms with Crippen molar-refractivity contribution in [2.75, 3.05) is 49.6 Å². The fourth-order valence-electron chi connectivity index (χ4n) is 4.55. The Kier molecular flexibility index (Phi) is 6.54. The van der Waals surface area contributed by atoms with Gasteiger partial charge in [-0.15, -0.1) is 0 Å². The molecule has 0 aliphatic carbocycles. The van der Waals surface area contributed by atoms with E-state index in [1.165, 1.54) is 16.7 Å². The summed E-state index contributed by atoms with van der Waals surface area (Å²) < 4.78 is 33.2. The highest BCUT2D eigenvalue weighted by Crippen LogP contribution is 2.29. The quantitative estimate of drug-likeness (QED) is 0.554. The van der Waals surface area contributed by atoms with E-state index in [-0.39, 0.29) is 29.1 Å². The normalized spacial score (nSPS) is 17.4. The number of carbonyl (C=O) groups excluding carboxylic acids is 1. The van der Waals surface area contributed by atoms with E-state index in [4.69, 9.17) is 4.74 Å². The number of aromatic nitrogens is 2. The number of sulfonamides is 1. The van der Waals surface area contributed by atoms with E-state index in [1.54, 1.807) is 30.3 Å². The van der Waals surface area contributed by atoms with Crippen molar-refractivity contribution in [3.8, 4) is 0 Å². The van der Waals surface area contributed by atoms with Crippen LogP contribution >= 0.6 is 0 Å². The van der Waals surface area contributed by atoms with E-state index < -0.39 is 15.9 Å². The summed E-state index contributed by atoms with van der Waals surface area (Å²) in [5, 5.41) is 3.19. The summed E-state index contributed by atoms with van der Waals surface area (Å²) in [4.78, 5) is 34.5. The zero-order valence-electron chi connectivity index (χ0n) is 19.2. The molecule has 3 heterocycles. The molecule has 5 rings (SSSR count). The maximum Gasteiger partial charge on any atom is 0.258 e. The first kappa shape index (κ1) is 23.5. The molecule has 0 saturated carbocycles. The largest absolute Gasteiger partial charge is 0.379 e. The van der Waals surface area contributed by atoms with Gasteiger partial charge in [-0.2, -0.15) is 4.31 Å². The number of fused-ring (bicyclic) bond motifs is 1. The van der Waals surface area contributed by atoms with Crippen LogP contribution in [-0.4, -0.2) is 68.0 Å². The number of morpholine rings is 1. The van der Waals surface area contributed by atoms with Crippen molar-refractivity contribution >= 4 is 38.2 Å². The molecule has 0 radical (unpaired) electrons. The molecule has 2 aromatic carbocycles. The second-order valence-corrected chi connectivity index (χ2v) is 10.6. The Bertz CT molecular complexity index is 1410. The monoisotopic (exact) mass is 497 g/mol. The molecule has 2 saturated heterocycles. The number of aromatic amines is 1. The number of ether oxygens (including phenoxy) is 1. The molecule has 2 aliphatic heterocycles. The van der Waals surface area contributed by atoms with E-state index in [9.17, 15) is 18.0 Å². The number of nitrogens with zero attached hydrogens (tertiary/aromatic N) is 3. The van der Waals surface area contributed by atoms with Crippen molar-refractivity contribution in [1.29, 1.82) is 0 Å². The van der Waals surface area contributed by atoms with Crippen LogP contribution in [0.2, 0.25) is 0 Å². The van der Waals surface area contributed by atoms with Gasteiger partial charge in [-0.1, -0.05) is 0 Å². The molecule has 0 atom stereocenters. The zero-order chi connectivity index (χ0) is 24.4. The molecule has 0 bridgehead atoms. The van der Waals surface area contributed by atoms with Gasteiger partial charge < -0.3 is 19.9 Å². The minimum Gasteiger partial charge on any atom is -0.379 e. The second-order valence-electron chi connectivity index (χ2n) is 8.66. The highest BCUT2D eigenvalue weighted by molar-refractivity contribution is 7.89. The molecule has 0 spiro atoms. The van der Waals surface area contributed by atoms with Gasteiger partial charge in [0.2, 0.25) is 10.0 Å². The molecule has 10 nitrogen and oxygen atoms in total. The minimum atomic E-state index is -3.77. The maximum absolute atomic E-state index is 13.5. The van der Waals surface area contributed by atoms with Gasteiger partial charge in [0.1, 0.15) is 0 Å². The van der Waals surface area contributed by atoms with E-state index in [0.717, 1.165) is 32.4 Å². The van der Waals surface area contributed by atoms with Gasteiger partial charge in [0.05, 0.1) is 40.9 Å². The van der Waals surface area contributed by atoms with Crippen molar-refractivity contribution in [3.63, 3.8) is 0 Å². The molecule has 2 N–H and O–H groups in total. The van der Waals surface area contributed by atoms with Gasteiger partial charge in [0.25, 0.3) is 11.5 Å². The summed E-state index contributed by atoms with van der Waals surface area (Å²) in [6.45, 7) is 2.83. The van der Waals surface area contributed by atoms with Crippen LogP contribution in [0, 0.1) is 0 Å². The highest BCUT2D eigenvalue weighted by Gasteiger charge is 2.29. The van der Waals surface area contributed by atoms with Gasteiger partial charge in [-0.25, -0.2) is 13.4 Å². The summed E-state index contributed by atoms with van der Waals surface area (Å²) in [5.41, 5.74) is 1.61. The van der Waals surface area contributed by atoms with Crippen molar-refractivity contribution < 1.29 is 17.9 Å². The predicted molar refractivity (Wildman–Crippen MR) is 132 cm³/mol. The third kappa shape index (κ3) is 4.79. The number of nitrogens with one attached hydrogen (secondary N) is 2. The molecule has 1 aromatic heterocycles. The first-order chi connectivity index (χ1) is 16.9. The molecule has 0 unspecified atom stereocenters. The SMILES string of the molecule is O=C(Nc1ccc2nc[nH]c(=O)c2c1)c1cc(S(=O)(=O)N2CCOCC2)ccc1N1CCCCC1. The molecule has 3 aromatic rings. The molecule has 1 amide bonds. The Morgan fingerprint density at radius 3 is 2.54 bits per heavy atom. The van der Waals surface area contributed by atoms with Crippen LogP contribution in [0.5, 0.6) is 0 Å². The van der Waals surface area contributed by atoms with Crippen molar-refractivity contribution in [2.45, 2.75) is 24.2 Å². The molecule has 2 fully saturated rings. The third-order valence-corrected chi connectivity index (χ3v) is 8.31. The second kappa shape index (κ2) is 9.76. The Morgan fingerprint density at radius 1 is 1.00 bits per heavy atom. The Morgan fingerprint density at radius 2 is 1.77 bits per heavy atom. The average Bonchev–Trinajstić information content (AvgIpc) is 2.90. The van der Waals surface area contributed by atoms with Crippen LogP contribution in [-0.2, 0) is 14.8 Å². The lowest BCUT2D eigenvalue weighted by atomic mass is 10.1. The third-order valence-electron chi connectivity index (χ3n) is 6.42. The number of hydrogen-bond acceptors (Lipinski definition) is 7. The summed E-state index contributed by atoms with van der Waals surface area (Å²) in [7, 11) is -3.77. The number of rotatable bonds is 5. The number of hydrogen-bond donors (Lipinski definition) is 2. The van der Waals surface area contributed by atoms with Gasteiger partial charge in [0, 0.05) is 37.6 Å². The Balaban J connectivity index is 1.51. The van der Waals surface area contributed by atoms with Crippen molar-refractivity contribution in [1.82, 2.24) is 14.3 Å². The van der Waals surface area contributed by atoms with Crippen LogP contribution in [0.3, 0.4) is 0 Å². The zero-order valence-corrected chi connectivity index (χ0v) is 20.0. The average molecular weight is 498 g/mol. The summed E-state index contributed by atoms with van der Waals surface area (Å²) in [6, 6.07) is 9.65. The lowest BCUT2D eigenvalue weighted by molar-refractivity contribution is 0.0730. The molecule has 184 valence electrons. The van der Waals surface area contributed by atoms with Crippen LogP contribution < -0.4 is 15.8 Å². The lowest BCUT2D eigenvalue weighted by Gasteiger charge is -2.31. The summed E-state index contributed by atoms with van der Waals surface area (Å²) >= 11 is 0.